The van der Waals surface area contributed by atoms with Gasteiger partial charge in [-0.25, -0.2) is 4.48 Å². The largest absolute Gasteiger partial charge is 0.465 e. The highest BCUT2D eigenvalue weighted by atomic mass is 16.7. The Hall–Kier alpha value is -1.92. The van der Waals surface area contributed by atoms with Crippen LogP contribution < -0.4 is 9.22 Å². The molecule has 4 aliphatic heterocycles. The molecule has 170 valence electrons. The number of rotatable bonds is 4. The third kappa shape index (κ3) is 3.38. The maximum atomic E-state index is 6.55. The molecule has 0 amide bonds. The van der Waals surface area contributed by atoms with E-state index in [1.807, 2.05) is 0 Å². The minimum absolute atomic E-state index is 0.0652. The number of nitrogens with zero attached hydrogens (tertiary/aromatic N) is 1. The Morgan fingerprint density at radius 2 is 1.31 bits per heavy atom. The second kappa shape index (κ2) is 8.79. The average molecular weight is 437 g/mol. The summed E-state index contributed by atoms with van der Waals surface area (Å²) < 4.78 is 25.9. The smallest absolute Gasteiger partial charge is 0.204 e. The molecule has 0 aromatic heterocycles. The molecule has 32 heavy (non-hydrogen) atoms. The minimum Gasteiger partial charge on any atom is -0.465 e. The van der Waals surface area contributed by atoms with Crippen LogP contribution in [-0.4, -0.2) is 38.6 Å². The van der Waals surface area contributed by atoms with E-state index in [1.54, 1.807) is 0 Å². The molecule has 3 unspecified atom stereocenters. The highest BCUT2D eigenvalue weighted by Gasteiger charge is 2.56. The van der Waals surface area contributed by atoms with Gasteiger partial charge in [0.15, 0.2) is 12.0 Å². The molecule has 3 atom stereocenters. The van der Waals surface area contributed by atoms with Crippen molar-refractivity contribution in [3.05, 3.63) is 42.5 Å². The number of quaternary nitrogens is 1. The molecular formula is C27H34NO4+. The first-order chi connectivity index (χ1) is 15.9. The van der Waals surface area contributed by atoms with Crippen molar-refractivity contribution >= 4 is 11.4 Å². The molecule has 0 radical (unpaired) electrons. The zero-order chi connectivity index (χ0) is 21.4. The predicted molar refractivity (Wildman–Crippen MR) is 125 cm³/mol. The molecule has 0 N–H and O–H groups in total. The molecule has 0 spiro atoms. The predicted octanol–water partition coefficient (Wildman–Crippen LogP) is 6.26. The molecule has 0 bridgehead atoms. The Balaban J connectivity index is 1.49. The van der Waals surface area contributed by atoms with E-state index < -0.39 is 0 Å². The molecule has 0 aliphatic carbocycles. The van der Waals surface area contributed by atoms with E-state index in [0.29, 0.717) is 4.48 Å². The Morgan fingerprint density at radius 1 is 0.656 bits per heavy atom. The second-order valence-electron chi connectivity index (χ2n) is 9.53. The fraction of sp³-hybridized carbons (Fsp3) is 0.556. The van der Waals surface area contributed by atoms with Crippen LogP contribution in [0.25, 0.3) is 11.1 Å². The fourth-order valence-electron chi connectivity index (χ4n) is 6.12. The lowest BCUT2D eigenvalue weighted by molar-refractivity contribution is -0.146. The second-order valence-corrected chi connectivity index (χ2v) is 9.53. The number of fused-ring (bicyclic) bond motifs is 3. The Morgan fingerprint density at radius 3 is 1.97 bits per heavy atom. The van der Waals surface area contributed by atoms with Crippen molar-refractivity contribution in [1.82, 2.24) is 4.48 Å². The van der Waals surface area contributed by atoms with Gasteiger partial charge < -0.3 is 18.9 Å². The summed E-state index contributed by atoms with van der Waals surface area (Å²) in [5, 5.41) is 0. The van der Waals surface area contributed by atoms with Crippen LogP contribution in [0.4, 0.5) is 11.4 Å². The summed E-state index contributed by atoms with van der Waals surface area (Å²) in [5.41, 5.74) is 5.15. The normalized spacial score (nSPS) is 32.2. The van der Waals surface area contributed by atoms with Crippen LogP contribution in [0.3, 0.4) is 0 Å². The van der Waals surface area contributed by atoms with Gasteiger partial charge in [-0.2, -0.15) is 0 Å². The summed E-state index contributed by atoms with van der Waals surface area (Å²) in [6.07, 6.45) is 9.98. The lowest BCUT2D eigenvalue weighted by Gasteiger charge is -2.48. The van der Waals surface area contributed by atoms with E-state index in [-0.39, 0.29) is 18.7 Å². The number of hydrogen-bond acceptors (Lipinski definition) is 4. The van der Waals surface area contributed by atoms with Gasteiger partial charge in [-0.05, 0) is 56.7 Å². The van der Waals surface area contributed by atoms with Crippen LogP contribution in [0.1, 0.15) is 57.8 Å². The first-order valence-corrected chi connectivity index (χ1v) is 12.5. The van der Waals surface area contributed by atoms with Crippen molar-refractivity contribution in [3.63, 3.8) is 0 Å². The summed E-state index contributed by atoms with van der Waals surface area (Å²) in [6, 6.07) is 15.4. The molecule has 4 aliphatic rings. The average Bonchev–Trinajstić information content (AvgIpc) is 3.16. The minimum atomic E-state index is -0.149. The first-order valence-electron chi connectivity index (χ1n) is 12.5. The third-order valence-corrected chi connectivity index (χ3v) is 7.59. The standard InChI is InChI=1S/C27H34NO4/c1-2-10-23-21(9-1)22-15-14-20(32-27-13-5-8-18-31-27)19-24(22)28(23,25-11-3-6-16-29-25)26-12-4-7-17-30-26/h1-2,9-10,14-15,19,25-27H,3-8,11-13,16-18H2/q+1. The van der Waals surface area contributed by atoms with E-state index >= 15 is 0 Å². The summed E-state index contributed by atoms with van der Waals surface area (Å²) in [5.74, 6) is 0.887. The lowest BCUT2D eigenvalue weighted by Crippen LogP contribution is -2.61. The van der Waals surface area contributed by atoms with Crippen LogP contribution >= 0.6 is 0 Å². The fourth-order valence-corrected chi connectivity index (χ4v) is 6.12. The molecule has 3 saturated heterocycles. The number of para-hydroxylation sites is 1. The van der Waals surface area contributed by atoms with E-state index in [4.69, 9.17) is 18.9 Å². The molecule has 2 aromatic carbocycles. The van der Waals surface area contributed by atoms with E-state index in [1.165, 1.54) is 35.3 Å². The Bertz CT molecular complexity index is 924. The molecule has 6 rings (SSSR count). The van der Waals surface area contributed by atoms with Crippen molar-refractivity contribution in [2.24, 2.45) is 0 Å². The molecular weight excluding hydrogens is 402 g/mol. The van der Waals surface area contributed by atoms with Gasteiger partial charge in [0, 0.05) is 42.5 Å². The quantitative estimate of drug-likeness (QED) is 0.530. The molecule has 4 heterocycles. The molecule has 3 fully saturated rings. The van der Waals surface area contributed by atoms with Crippen molar-refractivity contribution in [2.45, 2.75) is 76.5 Å². The third-order valence-electron chi connectivity index (χ3n) is 7.59. The zero-order valence-electron chi connectivity index (χ0n) is 18.8. The number of hydrogen-bond donors (Lipinski definition) is 0. The highest BCUT2D eigenvalue weighted by molar-refractivity contribution is 5.95. The van der Waals surface area contributed by atoms with Crippen molar-refractivity contribution < 1.29 is 18.9 Å². The Labute approximate surface area is 190 Å². The van der Waals surface area contributed by atoms with Gasteiger partial charge in [0.2, 0.25) is 12.5 Å². The van der Waals surface area contributed by atoms with Crippen LogP contribution in [0, 0.1) is 0 Å². The molecule has 5 heteroatoms. The van der Waals surface area contributed by atoms with Crippen LogP contribution in [0.5, 0.6) is 5.75 Å². The van der Waals surface area contributed by atoms with E-state index in [9.17, 15) is 0 Å². The van der Waals surface area contributed by atoms with Gasteiger partial charge in [-0.3, -0.25) is 0 Å². The summed E-state index contributed by atoms with van der Waals surface area (Å²) >= 11 is 0. The maximum absolute atomic E-state index is 6.55. The monoisotopic (exact) mass is 436 g/mol. The van der Waals surface area contributed by atoms with E-state index in [0.717, 1.165) is 70.5 Å². The van der Waals surface area contributed by atoms with Crippen molar-refractivity contribution in [1.29, 1.82) is 0 Å². The molecule has 0 saturated carbocycles. The van der Waals surface area contributed by atoms with Gasteiger partial charge in [-0.15, -0.1) is 0 Å². The van der Waals surface area contributed by atoms with Crippen LogP contribution in [-0.2, 0) is 14.2 Å². The Kier molecular flexibility index (Phi) is 5.68. The van der Waals surface area contributed by atoms with Gasteiger partial charge >= 0.3 is 0 Å². The number of ether oxygens (including phenoxy) is 4. The van der Waals surface area contributed by atoms with Gasteiger partial charge in [0.25, 0.3) is 0 Å². The SMILES string of the molecule is c1ccc2c(c1)-c1ccc(OC3CCCCO3)cc1[N+]2(C1CCCCO1)C1CCCCO1. The van der Waals surface area contributed by atoms with Gasteiger partial charge in [0.05, 0.1) is 19.8 Å². The topological polar surface area (TPSA) is 36.9 Å². The van der Waals surface area contributed by atoms with Gasteiger partial charge in [0.1, 0.15) is 11.4 Å². The maximum Gasteiger partial charge on any atom is 0.204 e. The highest BCUT2D eigenvalue weighted by Crippen LogP contribution is 2.58. The molecule has 5 nitrogen and oxygen atoms in total. The van der Waals surface area contributed by atoms with Crippen LogP contribution in [0.15, 0.2) is 42.5 Å². The van der Waals surface area contributed by atoms with Crippen molar-refractivity contribution in [3.8, 4) is 16.9 Å². The lowest BCUT2D eigenvalue weighted by atomic mass is 10.0. The summed E-state index contributed by atoms with van der Waals surface area (Å²) in [6.45, 7) is 2.43. The summed E-state index contributed by atoms with van der Waals surface area (Å²) in [7, 11) is 0. The molecule has 2 aromatic rings. The first kappa shape index (κ1) is 20.7. The van der Waals surface area contributed by atoms with Crippen molar-refractivity contribution in [2.75, 3.05) is 19.8 Å². The van der Waals surface area contributed by atoms with E-state index in [2.05, 4.69) is 42.5 Å². The zero-order valence-corrected chi connectivity index (χ0v) is 18.8. The number of benzene rings is 2. The van der Waals surface area contributed by atoms with Crippen LogP contribution in [0.2, 0.25) is 0 Å². The van der Waals surface area contributed by atoms with Gasteiger partial charge in [-0.1, -0.05) is 12.1 Å². The summed E-state index contributed by atoms with van der Waals surface area (Å²) in [4.78, 5) is 0.